The lowest BCUT2D eigenvalue weighted by Gasteiger charge is -2.30. The summed E-state index contributed by atoms with van der Waals surface area (Å²) in [5.41, 5.74) is 12.6. The van der Waals surface area contributed by atoms with Crippen molar-refractivity contribution in [1.29, 1.82) is 0 Å². The molecule has 0 aromatic heterocycles. The fraction of sp³-hybridized carbons (Fsp3) is 0.429. The van der Waals surface area contributed by atoms with E-state index < -0.39 is 0 Å². The number of anilines is 1. The molecule has 102 valence electrons. The molecule has 0 aliphatic carbocycles. The van der Waals surface area contributed by atoms with Crippen molar-refractivity contribution in [2.24, 2.45) is 11.7 Å². The minimum atomic E-state index is -0.264. The molecule has 0 atom stereocenters. The van der Waals surface area contributed by atoms with Crippen LogP contribution in [0.15, 0.2) is 24.3 Å². The highest BCUT2D eigenvalue weighted by molar-refractivity contribution is 5.81. The van der Waals surface area contributed by atoms with E-state index in [4.69, 9.17) is 11.5 Å². The van der Waals surface area contributed by atoms with Gasteiger partial charge in [-0.1, -0.05) is 18.2 Å². The molecule has 1 heterocycles. The molecule has 1 aliphatic rings. The number of amides is 2. The first-order chi connectivity index (χ1) is 9.08. The van der Waals surface area contributed by atoms with Gasteiger partial charge in [-0.15, -0.1) is 0 Å². The number of hydrogen-bond donors (Lipinski definition) is 2. The van der Waals surface area contributed by atoms with Gasteiger partial charge >= 0.3 is 0 Å². The number of likely N-dealkylation sites (tertiary alicyclic amines) is 1. The molecular weight excluding hydrogens is 242 g/mol. The van der Waals surface area contributed by atoms with Gasteiger partial charge in [0.1, 0.15) is 0 Å². The Balaban J connectivity index is 1.92. The van der Waals surface area contributed by atoms with Gasteiger partial charge in [-0.05, 0) is 24.5 Å². The average Bonchev–Trinajstić information content (AvgIpc) is 2.41. The zero-order chi connectivity index (χ0) is 13.8. The Bertz CT molecular complexity index is 479. The lowest BCUT2D eigenvalue weighted by atomic mass is 9.96. The van der Waals surface area contributed by atoms with Crippen LogP contribution < -0.4 is 11.5 Å². The summed E-state index contributed by atoms with van der Waals surface area (Å²) in [6.45, 7) is 1.19. The monoisotopic (exact) mass is 261 g/mol. The van der Waals surface area contributed by atoms with Crippen LogP contribution in [-0.2, 0) is 16.0 Å². The highest BCUT2D eigenvalue weighted by Gasteiger charge is 2.25. The Morgan fingerprint density at radius 3 is 2.42 bits per heavy atom. The van der Waals surface area contributed by atoms with Crippen molar-refractivity contribution < 1.29 is 9.59 Å². The van der Waals surface area contributed by atoms with E-state index in [1.54, 1.807) is 11.0 Å². The van der Waals surface area contributed by atoms with Gasteiger partial charge in [-0.2, -0.15) is 0 Å². The molecule has 2 rings (SSSR count). The predicted molar refractivity (Wildman–Crippen MR) is 73.1 cm³/mol. The molecule has 5 heteroatoms. The Hall–Kier alpha value is -2.04. The van der Waals surface area contributed by atoms with Crippen LogP contribution in [0.1, 0.15) is 18.4 Å². The molecule has 19 heavy (non-hydrogen) atoms. The number of rotatable bonds is 3. The van der Waals surface area contributed by atoms with E-state index in [0.717, 1.165) is 5.56 Å². The Morgan fingerprint density at radius 1 is 1.21 bits per heavy atom. The number of piperidine rings is 1. The molecule has 1 fully saturated rings. The van der Waals surface area contributed by atoms with Gasteiger partial charge < -0.3 is 16.4 Å². The number of nitrogens with zero attached hydrogens (tertiary/aromatic N) is 1. The van der Waals surface area contributed by atoms with Gasteiger partial charge in [0.05, 0.1) is 6.42 Å². The van der Waals surface area contributed by atoms with E-state index in [-0.39, 0.29) is 17.7 Å². The smallest absolute Gasteiger partial charge is 0.227 e. The van der Waals surface area contributed by atoms with Crippen molar-refractivity contribution >= 4 is 17.5 Å². The van der Waals surface area contributed by atoms with E-state index >= 15 is 0 Å². The van der Waals surface area contributed by atoms with E-state index in [2.05, 4.69) is 0 Å². The van der Waals surface area contributed by atoms with Crippen molar-refractivity contribution in [2.75, 3.05) is 18.8 Å². The number of hydrogen-bond acceptors (Lipinski definition) is 3. The number of carbonyl (C=O) groups excluding carboxylic acids is 2. The summed E-state index contributed by atoms with van der Waals surface area (Å²) in [5, 5.41) is 0. The number of nitrogens with two attached hydrogens (primary N) is 2. The molecule has 0 spiro atoms. The molecule has 1 saturated heterocycles. The number of para-hydroxylation sites is 1. The minimum absolute atomic E-state index is 0.0563. The maximum Gasteiger partial charge on any atom is 0.227 e. The lowest BCUT2D eigenvalue weighted by molar-refractivity contribution is -0.134. The maximum atomic E-state index is 12.2. The van der Waals surface area contributed by atoms with E-state index in [1.165, 1.54) is 0 Å². The van der Waals surface area contributed by atoms with Crippen LogP contribution in [0.3, 0.4) is 0 Å². The number of carbonyl (C=O) groups is 2. The van der Waals surface area contributed by atoms with E-state index in [9.17, 15) is 9.59 Å². The average molecular weight is 261 g/mol. The zero-order valence-electron chi connectivity index (χ0n) is 10.8. The predicted octanol–water partition coefficient (Wildman–Crippen LogP) is 0.535. The van der Waals surface area contributed by atoms with Crippen LogP contribution in [0.2, 0.25) is 0 Å². The van der Waals surface area contributed by atoms with Crippen molar-refractivity contribution in [3.8, 4) is 0 Å². The fourth-order valence-corrected chi connectivity index (χ4v) is 2.38. The molecule has 0 saturated carbocycles. The van der Waals surface area contributed by atoms with Gasteiger partial charge in [-0.3, -0.25) is 9.59 Å². The van der Waals surface area contributed by atoms with Gasteiger partial charge in [0.15, 0.2) is 0 Å². The summed E-state index contributed by atoms with van der Waals surface area (Å²) in [5.74, 6) is -0.300. The summed E-state index contributed by atoms with van der Waals surface area (Å²) < 4.78 is 0. The second kappa shape index (κ2) is 5.73. The second-order valence-corrected chi connectivity index (χ2v) is 4.93. The minimum Gasteiger partial charge on any atom is -0.398 e. The molecule has 1 aromatic carbocycles. The Labute approximate surface area is 112 Å². The second-order valence-electron chi connectivity index (χ2n) is 4.93. The van der Waals surface area contributed by atoms with Gasteiger partial charge in [0.25, 0.3) is 0 Å². The summed E-state index contributed by atoms with van der Waals surface area (Å²) >= 11 is 0. The Kier molecular flexibility index (Phi) is 4.04. The summed E-state index contributed by atoms with van der Waals surface area (Å²) in [6.07, 6.45) is 1.63. The van der Waals surface area contributed by atoms with Gasteiger partial charge in [-0.25, -0.2) is 0 Å². The third kappa shape index (κ3) is 3.24. The molecule has 4 N–H and O–H groups in total. The Morgan fingerprint density at radius 2 is 1.84 bits per heavy atom. The molecule has 5 nitrogen and oxygen atoms in total. The number of primary amides is 1. The molecule has 0 radical (unpaired) electrons. The van der Waals surface area contributed by atoms with Gasteiger partial charge in [0, 0.05) is 24.7 Å². The summed E-state index contributed by atoms with van der Waals surface area (Å²) in [4.78, 5) is 25.0. The summed E-state index contributed by atoms with van der Waals surface area (Å²) in [6, 6.07) is 7.38. The molecule has 2 amide bonds. The third-order valence-corrected chi connectivity index (χ3v) is 3.65. The first-order valence-corrected chi connectivity index (χ1v) is 6.48. The fourth-order valence-electron chi connectivity index (χ4n) is 2.38. The van der Waals surface area contributed by atoms with Gasteiger partial charge in [0.2, 0.25) is 11.8 Å². The van der Waals surface area contributed by atoms with E-state index in [0.29, 0.717) is 38.0 Å². The maximum absolute atomic E-state index is 12.2. The number of benzene rings is 1. The highest BCUT2D eigenvalue weighted by atomic mass is 16.2. The zero-order valence-corrected chi connectivity index (χ0v) is 10.8. The first-order valence-electron chi connectivity index (χ1n) is 6.48. The molecule has 1 aliphatic heterocycles. The number of nitrogen functional groups attached to an aromatic ring is 1. The first kappa shape index (κ1) is 13.4. The van der Waals surface area contributed by atoms with Crippen molar-refractivity contribution in [3.05, 3.63) is 29.8 Å². The normalized spacial score (nSPS) is 16.3. The largest absolute Gasteiger partial charge is 0.398 e. The summed E-state index contributed by atoms with van der Waals surface area (Å²) in [7, 11) is 0. The van der Waals surface area contributed by atoms with Crippen LogP contribution in [0.5, 0.6) is 0 Å². The van der Waals surface area contributed by atoms with Crippen LogP contribution in [-0.4, -0.2) is 29.8 Å². The van der Waals surface area contributed by atoms with Crippen LogP contribution in [0.25, 0.3) is 0 Å². The quantitative estimate of drug-likeness (QED) is 0.778. The van der Waals surface area contributed by atoms with Crippen molar-refractivity contribution in [2.45, 2.75) is 19.3 Å². The van der Waals surface area contributed by atoms with Crippen molar-refractivity contribution in [3.63, 3.8) is 0 Å². The molecular formula is C14H19N3O2. The SMILES string of the molecule is NC(=O)C1CCN(C(=O)Cc2ccccc2N)CC1. The topological polar surface area (TPSA) is 89.4 Å². The highest BCUT2D eigenvalue weighted by Crippen LogP contribution is 2.19. The standard InChI is InChI=1S/C14H19N3O2/c15-12-4-2-1-3-11(12)9-13(18)17-7-5-10(6-8-17)14(16)19/h1-4,10H,5-9,15H2,(H2,16,19). The van der Waals surface area contributed by atoms with E-state index in [1.807, 2.05) is 18.2 Å². The van der Waals surface area contributed by atoms with Crippen molar-refractivity contribution in [1.82, 2.24) is 4.90 Å². The van der Waals surface area contributed by atoms with Crippen LogP contribution in [0.4, 0.5) is 5.69 Å². The van der Waals surface area contributed by atoms with Crippen LogP contribution >= 0.6 is 0 Å². The van der Waals surface area contributed by atoms with Crippen LogP contribution in [0, 0.1) is 5.92 Å². The molecule has 0 unspecified atom stereocenters. The molecule has 0 bridgehead atoms. The third-order valence-electron chi connectivity index (χ3n) is 3.65. The lowest BCUT2D eigenvalue weighted by Crippen LogP contribution is -2.42. The molecule has 1 aromatic rings.